The fourth-order valence-electron chi connectivity index (χ4n) is 6.08. The molecule has 2 saturated carbocycles. The number of carbonyl (C=O) groups is 1. The number of halogens is 2. The number of nitrogens with one attached hydrogen (secondary N) is 1. The van der Waals surface area contributed by atoms with Gasteiger partial charge in [0, 0.05) is 36.9 Å². The van der Waals surface area contributed by atoms with Crippen molar-refractivity contribution in [1.82, 2.24) is 9.80 Å². The number of carbonyl (C=O) groups excluding carboxylic acids is 1. The molecular formula is C29H36ClFN4O2. The number of nitriles is 1. The van der Waals surface area contributed by atoms with E-state index < -0.39 is 5.82 Å². The van der Waals surface area contributed by atoms with Gasteiger partial charge in [0.15, 0.2) is 0 Å². The summed E-state index contributed by atoms with van der Waals surface area (Å²) in [5.74, 6) is -0.0618. The molecular weight excluding hydrogens is 491 g/mol. The van der Waals surface area contributed by atoms with Crippen LogP contribution < -0.4 is 5.32 Å². The Bertz CT molecular complexity index is 1170. The first-order valence-corrected chi connectivity index (χ1v) is 13.5. The van der Waals surface area contributed by atoms with E-state index in [4.69, 9.17) is 11.6 Å². The van der Waals surface area contributed by atoms with Crippen LogP contribution in [0.4, 0.5) is 14.9 Å². The van der Waals surface area contributed by atoms with E-state index in [1.54, 1.807) is 0 Å². The van der Waals surface area contributed by atoms with Crippen LogP contribution in [-0.4, -0.2) is 58.8 Å². The quantitative estimate of drug-likeness (QED) is 0.433. The Morgan fingerprint density at radius 2 is 2.05 bits per heavy atom. The number of aliphatic hydroxyl groups excluding tert-OH is 1. The molecule has 4 atom stereocenters. The summed E-state index contributed by atoms with van der Waals surface area (Å²) in [6, 6.07) is 14.4. The van der Waals surface area contributed by atoms with Gasteiger partial charge in [-0.3, -0.25) is 4.90 Å². The van der Waals surface area contributed by atoms with Gasteiger partial charge in [-0.2, -0.15) is 5.26 Å². The fraction of sp³-hybridized carbons (Fsp3) is 0.517. The van der Waals surface area contributed by atoms with E-state index >= 15 is 0 Å². The minimum absolute atomic E-state index is 0.0179. The molecule has 0 aliphatic heterocycles. The lowest BCUT2D eigenvalue weighted by Gasteiger charge is -2.39. The molecule has 37 heavy (non-hydrogen) atoms. The maximum Gasteiger partial charge on any atom is 0.322 e. The van der Waals surface area contributed by atoms with Crippen molar-refractivity contribution in [2.45, 2.75) is 70.0 Å². The SMILES string of the molecule is CC(C)N(CCN(C(=O)Nc1ccc(F)c(Cl)c1)C1CC[C@]2(c3cccc(C#N)c3)CC2C1)[C@@H](C)CO. The van der Waals surface area contributed by atoms with Crippen LogP contribution in [0.1, 0.15) is 57.6 Å². The lowest BCUT2D eigenvalue weighted by atomic mass is 9.80. The largest absolute Gasteiger partial charge is 0.395 e. The molecule has 0 saturated heterocycles. The van der Waals surface area contributed by atoms with Gasteiger partial charge >= 0.3 is 6.03 Å². The molecule has 0 aromatic heterocycles. The molecule has 198 valence electrons. The van der Waals surface area contributed by atoms with Gasteiger partial charge in [-0.05, 0) is 93.7 Å². The summed E-state index contributed by atoms with van der Waals surface area (Å²) in [5, 5.41) is 22.0. The Balaban J connectivity index is 1.51. The van der Waals surface area contributed by atoms with Crippen molar-refractivity contribution in [3.05, 3.63) is 64.4 Å². The number of amides is 2. The van der Waals surface area contributed by atoms with Gasteiger partial charge in [0.05, 0.1) is 23.3 Å². The van der Waals surface area contributed by atoms with Crippen molar-refractivity contribution >= 4 is 23.3 Å². The first-order valence-electron chi connectivity index (χ1n) is 13.1. The average molecular weight is 527 g/mol. The third-order valence-corrected chi connectivity index (χ3v) is 8.53. The number of urea groups is 1. The molecule has 2 fully saturated rings. The highest BCUT2D eigenvalue weighted by Gasteiger charge is 2.58. The number of hydrogen-bond donors (Lipinski definition) is 2. The normalized spacial score (nSPS) is 23.3. The molecule has 0 bridgehead atoms. The molecule has 2 aromatic carbocycles. The van der Waals surface area contributed by atoms with Crippen LogP contribution in [0, 0.1) is 23.1 Å². The molecule has 2 aliphatic carbocycles. The van der Waals surface area contributed by atoms with Crippen LogP contribution in [0.5, 0.6) is 0 Å². The van der Waals surface area contributed by atoms with Crippen molar-refractivity contribution in [2.24, 2.45) is 5.92 Å². The van der Waals surface area contributed by atoms with Gasteiger partial charge in [0.1, 0.15) is 5.82 Å². The molecule has 8 heteroatoms. The van der Waals surface area contributed by atoms with Crippen LogP contribution in [-0.2, 0) is 5.41 Å². The van der Waals surface area contributed by atoms with Crippen molar-refractivity contribution in [1.29, 1.82) is 5.26 Å². The monoisotopic (exact) mass is 526 g/mol. The van der Waals surface area contributed by atoms with E-state index in [1.807, 2.05) is 30.0 Å². The summed E-state index contributed by atoms with van der Waals surface area (Å²) in [5.41, 5.74) is 2.47. The number of benzene rings is 2. The highest BCUT2D eigenvalue weighted by atomic mass is 35.5. The summed E-state index contributed by atoms with van der Waals surface area (Å²) in [4.78, 5) is 17.7. The fourth-order valence-corrected chi connectivity index (χ4v) is 6.26. The van der Waals surface area contributed by atoms with Crippen LogP contribution in [0.2, 0.25) is 5.02 Å². The van der Waals surface area contributed by atoms with Gasteiger partial charge < -0.3 is 15.3 Å². The minimum atomic E-state index is -0.528. The second kappa shape index (κ2) is 11.4. The number of nitrogens with zero attached hydrogens (tertiary/aromatic N) is 3. The summed E-state index contributed by atoms with van der Waals surface area (Å²) in [6.07, 6.45) is 3.79. The Labute approximate surface area is 224 Å². The molecule has 2 unspecified atom stereocenters. The number of fused-ring (bicyclic) bond motifs is 1. The third kappa shape index (κ3) is 5.93. The lowest BCUT2D eigenvalue weighted by Crippen LogP contribution is -2.51. The standard InChI is InChI=1S/C29H36ClFN4O2/c1-19(2)34(20(3)18-36)11-12-35(28(37)33-24-7-8-27(31)26(30)15-24)25-9-10-29(16-23(29)14-25)22-6-4-5-21(13-22)17-32/h4-8,13,15,19-20,23,25,36H,9-12,14,16,18H2,1-3H3,(H,33,37)/t20-,23?,25?,29+/m0/s1. The minimum Gasteiger partial charge on any atom is -0.395 e. The summed E-state index contributed by atoms with van der Waals surface area (Å²) in [6.45, 7) is 7.36. The summed E-state index contributed by atoms with van der Waals surface area (Å²) in [7, 11) is 0. The molecule has 0 heterocycles. The number of anilines is 1. The molecule has 2 aliphatic rings. The Morgan fingerprint density at radius 3 is 2.70 bits per heavy atom. The van der Waals surface area contributed by atoms with E-state index in [-0.39, 0.29) is 41.2 Å². The Kier molecular flexibility index (Phi) is 8.42. The summed E-state index contributed by atoms with van der Waals surface area (Å²) < 4.78 is 13.7. The smallest absolute Gasteiger partial charge is 0.322 e. The number of rotatable bonds is 9. The summed E-state index contributed by atoms with van der Waals surface area (Å²) >= 11 is 5.94. The average Bonchev–Trinajstić information content (AvgIpc) is 3.63. The van der Waals surface area contributed by atoms with Gasteiger partial charge in [0.25, 0.3) is 0 Å². The highest BCUT2D eigenvalue weighted by molar-refractivity contribution is 6.31. The van der Waals surface area contributed by atoms with E-state index in [0.717, 1.165) is 25.7 Å². The van der Waals surface area contributed by atoms with Gasteiger partial charge in [0.2, 0.25) is 0 Å². The zero-order valence-electron chi connectivity index (χ0n) is 21.8. The first-order chi connectivity index (χ1) is 17.7. The van der Waals surface area contributed by atoms with Crippen molar-refractivity contribution in [3.63, 3.8) is 0 Å². The number of aliphatic hydroxyl groups is 1. The second-order valence-electron chi connectivity index (χ2n) is 10.8. The van der Waals surface area contributed by atoms with E-state index in [1.165, 1.54) is 23.8 Å². The molecule has 2 amide bonds. The molecule has 2 aromatic rings. The molecule has 2 N–H and O–H groups in total. The molecule has 4 rings (SSSR count). The third-order valence-electron chi connectivity index (χ3n) is 8.24. The van der Waals surface area contributed by atoms with Gasteiger partial charge in [-0.1, -0.05) is 23.7 Å². The molecule has 0 spiro atoms. The highest BCUT2D eigenvalue weighted by Crippen LogP contribution is 2.62. The van der Waals surface area contributed by atoms with E-state index in [9.17, 15) is 19.6 Å². The van der Waals surface area contributed by atoms with E-state index in [2.05, 4.69) is 36.2 Å². The Hall–Kier alpha value is -2.66. The van der Waals surface area contributed by atoms with Gasteiger partial charge in [-0.25, -0.2) is 9.18 Å². The zero-order chi connectivity index (χ0) is 26.7. The first kappa shape index (κ1) is 27.4. The van der Waals surface area contributed by atoms with Crippen molar-refractivity contribution < 1.29 is 14.3 Å². The van der Waals surface area contributed by atoms with Gasteiger partial charge in [-0.15, -0.1) is 0 Å². The number of hydrogen-bond acceptors (Lipinski definition) is 4. The lowest BCUT2D eigenvalue weighted by molar-refractivity contribution is 0.0861. The van der Waals surface area contributed by atoms with Crippen molar-refractivity contribution in [3.8, 4) is 6.07 Å². The molecule has 6 nitrogen and oxygen atoms in total. The maximum atomic E-state index is 13.7. The topological polar surface area (TPSA) is 79.6 Å². The molecule has 0 radical (unpaired) electrons. The van der Waals surface area contributed by atoms with Crippen LogP contribution >= 0.6 is 11.6 Å². The van der Waals surface area contributed by atoms with Crippen molar-refractivity contribution in [2.75, 3.05) is 25.0 Å². The predicted octanol–water partition coefficient (Wildman–Crippen LogP) is 5.79. The van der Waals surface area contributed by atoms with Crippen LogP contribution in [0.25, 0.3) is 0 Å². The zero-order valence-corrected chi connectivity index (χ0v) is 22.5. The Morgan fingerprint density at radius 1 is 1.27 bits per heavy atom. The second-order valence-corrected chi connectivity index (χ2v) is 11.2. The van der Waals surface area contributed by atoms with Crippen LogP contribution in [0.15, 0.2) is 42.5 Å². The van der Waals surface area contributed by atoms with Crippen LogP contribution in [0.3, 0.4) is 0 Å². The van der Waals surface area contributed by atoms with E-state index in [0.29, 0.717) is 30.3 Å². The maximum absolute atomic E-state index is 13.7. The predicted molar refractivity (Wildman–Crippen MR) is 144 cm³/mol.